The molecule has 144 valence electrons. The molecular weight excluding hydrogens is 352 g/mol. The van der Waals surface area contributed by atoms with Crippen LogP contribution in [0, 0.1) is 0 Å². The number of hydrogen-bond acceptors (Lipinski definition) is 6. The largest absolute Gasteiger partial charge is 0.497 e. The smallest absolute Gasteiger partial charge is 0.168 e. The third-order valence-electron chi connectivity index (χ3n) is 4.89. The first-order valence-corrected chi connectivity index (χ1v) is 9.03. The molecular formula is C18H29ClN6O. The molecule has 2 heterocycles. The van der Waals surface area contributed by atoms with E-state index < -0.39 is 0 Å². The minimum absolute atomic E-state index is 0. The molecule has 1 aromatic heterocycles. The Hall–Kier alpha value is -1.70. The Morgan fingerprint density at radius 1 is 1.12 bits per heavy atom. The first kappa shape index (κ1) is 20.6. The van der Waals surface area contributed by atoms with Crippen molar-refractivity contribution in [3.63, 3.8) is 0 Å². The zero-order valence-electron chi connectivity index (χ0n) is 15.8. The van der Waals surface area contributed by atoms with Crippen LogP contribution in [0.15, 0.2) is 24.3 Å². The number of tetrazole rings is 1. The number of piperazine rings is 1. The molecule has 0 bridgehead atoms. The summed E-state index contributed by atoms with van der Waals surface area (Å²) in [6.07, 6.45) is 2.19. The lowest BCUT2D eigenvalue weighted by Crippen LogP contribution is -2.46. The van der Waals surface area contributed by atoms with Gasteiger partial charge < -0.3 is 9.64 Å². The fourth-order valence-corrected chi connectivity index (χ4v) is 3.35. The molecule has 26 heavy (non-hydrogen) atoms. The third kappa shape index (κ3) is 4.93. The number of ether oxygens (including phenoxy) is 1. The highest BCUT2D eigenvalue weighted by molar-refractivity contribution is 5.85. The number of likely N-dealkylation sites (N-methyl/N-ethyl adjacent to an activating group) is 1. The van der Waals surface area contributed by atoms with Gasteiger partial charge in [0.25, 0.3) is 0 Å². The van der Waals surface area contributed by atoms with E-state index in [2.05, 4.69) is 51.4 Å². The lowest BCUT2D eigenvalue weighted by molar-refractivity contribution is 0.0996. The number of benzene rings is 1. The summed E-state index contributed by atoms with van der Waals surface area (Å²) in [6.45, 7) is 7.23. The van der Waals surface area contributed by atoms with Crippen LogP contribution < -0.4 is 4.74 Å². The van der Waals surface area contributed by atoms with Crippen molar-refractivity contribution in [1.29, 1.82) is 0 Å². The maximum Gasteiger partial charge on any atom is 0.168 e. The molecule has 1 aromatic carbocycles. The number of nitrogens with zero attached hydrogens (tertiary/aromatic N) is 6. The van der Waals surface area contributed by atoms with E-state index in [-0.39, 0.29) is 18.4 Å². The average Bonchev–Trinajstić information content (AvgIpc) is 3.09. The monoisotopic (exact) mass is 380 g/mol. The van der Waals surface area contributed by atoms with Crippen molar-refractivity contribution in [3.8, 4) is 5.75 Å². The van der Waals surface area contributed by atoms with Crippen molar-refractivity contribution in [2.75, 3.05) is 40.3 Å². The van der Waals surface area contributed by atoms with Crippen LogP contribution in [-0.2, 0) is 6.54 Å². The topological polar surface area (TPSA) is 59.3 Å². The second-order valence-corrected chi connectivity index (χ2v) is 6.69. The highest BCUT2D eigenvalue weighted by atomic mass is 35.5. The van der Waals surface area contributed by atoms with Crippen LogP contribution in [0.3, 0.4) is 0 Å². The van der Waals surface area contributed by atoms with E-state index in [1.807, 2.05) is 16.8 Å². The zero-order valence-corrected chi connectivity index (χ0v) is 16.7. The van der Waals surface area contributed by atoms with Crippen LogP contribution in [0.25, 0.3) is 0 Å². The van der Waals surface area contributed by atoms with Crippen molar-refractivity contribution < 1.29 is 4.74 Å². The highest BCUT2D eigenvalue weighted by Gasteiger charge is 2.27. The molecule has 0 radical (unpaired) electrons. The Balaban J connectivity index is 0.00000243. The lowest BCUT2D eigenvalue weighted by atomic mass is 10.1. The van der Waals surface area contributed by atoms with Gasteiger partial charge in [-0.2, -0.15) is 0 Å². The Morgan fingerprint density at radius 3 is 2.42 bits per heavy atom. The van der Waals surface area contributed by atoms with Gasteiger partial charge in [-0.15, -0.1) is 17.5 Å². The molecule has 1 fully saturated rings. The van der Waals surface area contributed by atoms with E-state index in [1.54, 1.807) is 7.11 Å². The summed E-state index contributed by atoms with van der Waals surface area (Å²) >= 11 is 0. The zero-order chi connectivity index (χ0) is 17.6. The van der Waals surface area contributed by atoms with Gasteiger partial charge in [-0.25, -0.2) is 4.68 Å². The van der Waals surface area contributed by atoms with Crippen molar-refractivity contribution in [1.82, 2.24) is 30.0 Å². The summed E-state index contributed by atoms with van der Waals surface area (Å²) < 4.78 is 7.17. The summed E-state index contributed by atoms with van der Waals surface area (Å²) in [5.41, 5.74) is 1.17. The Kier molecular flexibility index (Phi) is 7.81. The number of methoxy groups -OCH3 is 1. The molecule has 3 rings (SSSR count). The van der Waals surface area contributed by atoms with Crippen LogP contribution in [0.2, 0.25) is 0 Å². The molecule has 8 heteroatoms. The van der Waals surface area contributed by atoms with Crippen LogP contribution >= 0.6 is 12.4 Å². The molecule has 1 aliphatic heterocycles. The first-order chi connectivity index (χ1) is 12.2. The van der Waals surface area contributed by atoms with Gasteiger partial charge in [0, 0.05) is 26.2 Å². The van der Waals surface area contributed by atoms with Gasteiger partial charge in [0.1, 0.15) is 5.75 Å². The summed E-state index contributed by atoms with van der Waals surface area (Å²) in [4.78, 5) is 4.90. The van der Waals surface area contributed by atoms with Crippen LogP contribution in [0.4, 0.5) is 0 Å². The van der Waals surface area contributed by atoms with E-state index in [9.17, 15) is 0 Å². The van der Waals surface area contributed by atoms with Crippen molar-refractivity contribution in [3.05, 3.63) is 35.7 Å². The van der Waals surface area contributed by atoms with E-state index in [4.69, 9.17) is 4.74 Å². The standard InChI is InChI=1S/C18H28N6O.ClH/c1-4-5-17(23-12-10-22(2)11-13-23)18-19-20-21-24(18)14-15-6-8-16(25-3)9-7-15;/h6-9,17H,4-5,10-14H2,1-3H3;1H. The first-order valence-electron chi connectivity index (χ1n) is 9.03. The van der Waals surface area contributed by atoms with E-state index >= 15 is 0 Å². The van der Waals surface area contributed by atoms with Crippen molar-refractivity contribution in [2.45, 2.75) is 32.4 Å². The molecule has 0 aliphatic carbocycles. The number of rotatable bonds is 7. The van der Waals surface area contributed by atoms with Crippen molar-refractivity contribution in [2.24, 2.45) is 0 Å². The van der Waals surface area contributed by atoms with Gasteiger partial charge in [-0.05, 0) is 41.6 Å². The minimum Gasteiger partial charge on any atom is -0.497 e. The maximum absolute atomic E-state index is 5.23. The van der Waals surface area contributed by atoms with Crippen molar-refractivity contribution >= 4 is 12.4 Å². The molecule has 1 aliphatic rings. The Labute approximate surface area is 161 Å². The summed E-state index contributed by atoms with van der Waals surface area (Å²) in [7, 11) is 3.86. The van der Waals surface area contributed by atoms with Gasteiger partial charge >= 0.3 is 0 Å². The fraction of sp³-hybridized carbons (Fsp3) is 0.611. The van der Waals surface area contributed by atoms with Gasteiger partial charge in [-0.1, -0.05) is 25.5 Å². The van der Waals surface area contributed by atoms with Crippen LogP contribution in [0.5, 0.6) is 5.75 Å². The predicted octanol–water partition coefficient (Wildman–Crippen LogP) is 2.24. The van der Waals surface area contributed by atoms with Gasteiger partial charge in [0.05, 0.1) is 19.7 Å². The Bertz CT molecular complexity index is 654. The second kappa shape index (κ2) is 9.85. The normalized spacial score (nSPS) is 16.9. The molecule has 0 saturated carbocycles. The van der Waals surface area contributed by atoms with E-state index in [1.165, 1.54) is 5.56 Å². The molecule has 1 unspecified atom stereocenters. The van der Waals surface area contributed by atoms with E-state index in [0.29, 0.717) is 6.54 Å². The fourth-order valence-electron chi connectivity index (χ4n) is 3.35. The number of halogens is 1. The molecule has 0 amide bonds. The molecule has 0 N–H and O–H groups in total. The molecule has 7 nitrogen and oxygen atoms in total. The third-order valence-corrected chi connectivity index (χ3v) is 4.89. The second-order valence-electron chi connectivity index (χ2n) is 6.69. The van der Waals surface area contributed by atoms with Gasteiger partial charge in [-0.3, -0.25) is 4.90 Å². The number of aromatic nitrogens is 4. The summed E-state index contributed by atoms with van der Waals surface area (Å²) in [5.74, 6) is 1.84. The molecule has 0 spiro atoms. The number of hydrogen-bond donors (Lipinski definition) is 0. The van der Waals surface area contributed by atoms with Crippen LogP contribution in [0.1, 0.15) is 37.2 Å². The molecule has 1 saturated heterocycles. The van der Waals surface area contributed by atoms with Crippen LogP contribution in [-0.4, -0.2) is 70.3 Å². The average molecular weight is 381 g/mol. The lowest BCUT2D eigenvalue weighted by Gasteiger charge is -2.37. The summed E-state index contributed by atoms with van der Waals surface area (Å²) in [5, 5.41) is 12.6. The SMILES string of the molecule is CCCC(c1nnnn1Cc1ccc(OC)cc1)N1CCN(C)CC1.Cl. The van der Waals surface area contributed by atoms with Gasteiger partial charge in [0.2, 0.25) is 0 Å². The predicted molar refractivity (Wildman–Crippen MR) is 104 cm³/mol. The molecule has 2 aromatic rings. The van der Waals surface area contributed by atoms with Gasteiger partial charge in [0.15, 0.2) is 5.82 Å². The Morgan fingerprint density at radius 2 is 1.81 bits per heavy atom. The van der Waals surface area contributed by atoms with E-state index in [0.717, 1.165) is 50.6 Å². The summed E-state index contributed by atoms with van der Waals surface area (Å²) in [6, 6.07) is 8.36. The minimum atomic E-state index is 0. The maximum atomic E-state index is 5.23. The molecule has 1 atom stereocenters. The quantitative estimate of drug-likeness (QED) is 0.734. The highest BCUT2D eigenvalue weighted by Crippen LogP contribution is 2.25.